The molecule has 1 saturated carbocycles. The molecule has 1 aliphatic carbocycles. The Morgan fingerprint density at radius 1 is 1.00 bits per heavy atom. The molecule has 2 rings (SSSR count). The van der Waals surface area contributed by atoms with Gasteiger partial charge in [-0.25, -0.2) is 0 Å². The van der Waals surface area contributed by atoms with E-state index in [2.05, 4.69) is 51.1 Å². The molecule has 1 aromatic carbocycles. The Hall–Kier alpha value is -0.820. The number of hydrogen-bond donors (Lipinski definition) is 0. The van der Waals surface area contributed by atoms with Crippen molar-refractivity contribution in [3.05, 3.63) is 35.9 Å². The normalized spacial score (nSPS) is 24.9. The maximum Gasteiger partial charge on any atom is 0.0575 e. The fourth-order valence-corrected chi connectivity index (χ4v) is 3.55. The van der Waals surface area contributed by atoms with Gasteiger partial charge in [0.15, 0.2) is 0 Å². The predicted molar refractivity (Wildman–Crippen MR) is 95.2 cm³/mol. The average Bonchev–Trinajstić information content (AvgIpc) is 2.58. The lowest BCUT2D eigenvalue weighted by molar-refractivity contribution is -0.00209. The first kappa shape index (κ1) is 17.5. The highest BCUT2D eigenvalue weighted by molar-refractivity contribution is 5.19. The molecule has 2 unspecified atom stereocenters. The number of hydrogen-bond acceptors (Lipinski definition) is 1. The maximum atomic E-state index is 6.23. The highest BCUT2D eigenvalue weighted by Crippen LogP contribution is 2.34. The van der Waals surface area contributed by atoms with E-state index in [0.717, 1.165) is 18.4 Å². The minimum Gasteiger partial charge on any atom is -0.378 e. The summed E-state index contributed by atoms with van der Waals surface area (Å²) in [5.74, 6) is 2.24. The first-order valence-corrected chi connectivity index (χ1v) is 9.37. The summed E-state index contributed by atoms with van der Waals surface area (Å²) in [5, 5.41) is 0. The van der Waals surface area contributed by atoms with Crippen LogP contribution in [0.1, 0.15) is 77.2 Å². The molecule has 0 N–H and O–H groups in total. The van der Waals surface area contributed by atoms with Crippen molar-refractivity contribution >= 4 is 0 Å². The fourth-order valence-electron chi connectivity index (χ4n) is 3.55. The number of unbranched alkanes of at least 4 members (excludes halogenated alkanes) is 1. The van der Waals surface area contributed by atoms with Crippen molar-refractivity contribution in [3.63, 3.8) is 0 Å². The summed E-state index contributed by atoms with van der Waals surface area (Å²) in [6.07, 6.45) is 9.55. The van der Waals surface area contributed by atoms with E-state index >= 15 is 0 Å². The van der Waals surface area contributed by atoms with Gasteiger partial charge in [0.2, 0.25) is 0 Å². The average molecular weight is 303 g/mol. The Balaban J connectivity index is 1.67. The van der Waals surface area contributed by atoms with Crippen LogP contribution in [0.5, 0.6) is 0 Å². The summed E-state index contributed by atoms with van der Waals surface area (Å²) in [6.45, 7) is 7.97. The minimum absolute atomic E-state index is 0.501. The van der Waals surface area contributed by atoms with Crippen LogP contribution in [0.15, 0.2) is 30.3 Å². The highest BCUT2D eigenvalue weighted by atomic mass is 16.5. The van der Waals surface area contributed by atoms with E-state index in [1.54, 1.807) is 0 Å². The van der Waals surface area contributed by atoms with Crippen molar-refractivity contribution in [2.24, 2.45) is 11.8 Å². The number of rotatable bonds is 8. The van der Waals surface area contributed by atoms with E-state index in [1.807, 2.05) is 0 Å². The zero-order valence-electron chi connectivity index (χ0n) is 14.8. The van der Waals surface area contributed by atoms with E-state index < -0.39 is 0 Å². The molecule has 0 aromatic heterocycles. The van der Waals surface area contributed by atoms with E-state index in [4.69, 9.17) is 4.74 Å². The molecular weight excluding hydrogens is 268 g/mol. The Labute approximate surface area is 137 Å². The fraction of sp³-hybridized carbons (Fsp3) is 0.714. The first-order valence-electron chi connectivity index (χ1n) is 9.37. The highest BCUT2D eigenvalue weighted by Gasteiger charge is 2.23. The lowest BCUT2D eigenvalue weighted by atomic mass is 9.82. The molecule has 0 heterocycles. The monoisotopic (exact) mass is 302 g/mol. The van der Waals surface area contributed by atoms with Gasteiger partial charge < -0.3 is 4.74 Å². The van der Waals surface area contributed by atoms with Crippen LogP contribution in [-0.2, 0) is 4.74 Å². The SMILES string of the molecule is CCCCC(C)C(C)COC1CCC(c2ccccc2)CC1. The molecule has 1 fully saturated rings. The third-order valence-electron chi connectivity index (χ3n) is 5.52. The van der Waals surface area contributed by atoms with Crippen LogP contribution in [0.2, 0.25) is 0 Å². The van der Waals surface area contributed by atoms with Gasteiger partial charge in [0, 0.05) is 6.61 Å². The van der Waals surface area contributed by atoms with E-state index in [9.17, 15) is 0 Å². The first-order chi connectivity index (χ1) is 10.7. The molecule has 1 aromatic rings. The van der Waals surface area contributed by atoms with Crippen LogP contribution in [0.4, 0.5) is 0 Å². The quantitative estimate of drug-likeness (QED) is 0.556. The van der Waals surface area contributed by atoms with Crippen molar-refractivity contribution < 1.29 is 4.74 Å². The minimum atomic E-state index is 0.501. The number of benzene rings is 1. The molecule has 0 bridgehead atoms. The van der Waals surface area contributed by atoms with Crippen molar-refractivity contribution in [1.29, 1.82) is 0 Å². The van der Waals surface area contributed by atoms with Crippen LogP contribution in [0.3, 0.4) is 0 Å². The van der Waals surface area contributed by atoms with Crippen LogP contribution in [0, 0.1) is 11.8 Å². The molecule has 1 nitrogen and oxygen atoms in total. The predicted octanol–water partition coefficient (Wildman–Crippen LogP) is 6.19. The topological polar surface area (TPSA) is 9.23 Å². The Bertz CT molecular complexity index is 392. The molecule has 0 amide bonds. The van der Waals surface area contributed by atoms with Gasteiger partial charge in [-0.1, -0.05) is 70.4 Å². The molecule has 124 valence electrons. The Morgan fingerprint density at radius 2 is 1.68 bits per heavy atom. The zero-order valence-corrected chi connectivity index (χ0v) is 14.8. The van der Waals surface area contributed by atoms with E-state index in [-0.39, 0.29) is 0 Å². The Morgan fingerprint density at radius 3 is 2.32 bits per heavy atom. The summed E-state index contributed by atoms with van der Waals surface area (Å²) in [6, 6.07) is 11.0. The summed E-state index contributed by atoms with van der Waals surface area (Å²) < 4.78 is 6.23. The molecular formula is C21H34O. The van der Waals surface area contributed by atoms with Gasteiger partial charge >= 0.3 is 0 Å². The summed E-state index contributed by atoms with van der Waals surface area (Å²) in [4.78, 5) is 0. The molecule has 1 aliphatic rings. The summed E-state index contributed by atoms with van der Waals surface area (Å²) >= 11 is 0. The molecule has 0 aliphatic heterocycles. The standard InChI is InChI=1S/C21H34O/c1-4-5-9-17(2)18(3)16-22-21-14-12-20(13-15-21)19-10-7-6-8-11-19/h6-8,10-11,17-18,20-21H,4-5,9,12-16H2,1-3H3. The van der Waals surface area contributed by atoms with Crippen LogP contribution >= 0.6 is 0 Å². The summed E-state index contributed by atoms with van der Waals surface area (Å²) in [5.41, 5.74) is 1.52. The molecule has 22 heavy (non-hydrogen) atoms. The van der Waals surface area contributed by atoms with E-state index in [0.29, 0.717) is 12.0 Å². The molecule has 1 heteroatoms. The third-order valence-corrected chi connectivity index (χ3v) is 5.52. The van der Waals surface area contributed by atoms with Gasteiger partial charge in [0.1, 0.15) is 0 Å². The van der Waals surface area contributed by atoms with Gasteiger partial charge in [0.05, 0.1) is 6.10 Å². The van der Waals surface area contributed by atoms with Gasteiger partial charge in [0.25, 0.3) is 0 Å². The maximum absolute atomic E-state index is 6.23. The second-order valence-corrected chi connectivity index (χ2v) is 7.31. The second kappa shape index (κ2) is 9.35. The van der Waals surface area contributed by atoms with Gasteiger partial charge in [-0.3, -0.25) is 0 Å². The smallest absolute Gasteiger partial charge is 0.0575 e. The lowest BCUT2D eigenvalue weighted by Gasteiger charge is -2.30. The van der Waals surface area contributed by atoms with Crippen molar-refractivity contribution in [1.82, 2.24) is 0 Å². The third kappa shape index (κ3) is 5.43. The van der Waals surface area contributed by atoms with Gasteiger partial charge in [-0.2, -0.15) is 0 Å². The molecule has 2 atom stereocenters. The zero-order chi connectivity index (χ0) is 15.8. The number of ether oxygens (including phenoxy) is 1. The largest absolute Gasteiger partial charge is 0.378 e. The Kier molecular flexibility index (Phi) is 7.45. The summed E-state index contributed by atoms with van der Waals surface area (Å²) in [7, 11) is 0. The second-order valence-electron chi connectivity index (χ2n) is 7.31. The van der Waals surface area contributed by atoms with Crippen molar-refractivity contribution in [2.45, 2.75) is 77.7 Å². The van der Waals surface area contributed by atoms with Crippen LogP contribution < -0.4 is 0 Å². The molecule has 0 radical (unpaired) electrons. The van der Waals surface area contributed by atoms with Crippen molar-refractivity contribution in [2.75, 3.05) is 6.61 Å². The lowest BCUT2D eigenvalue weighted by Crippen LogP contribution is -2.24. The van der Waals surface area contributed by atoms with Gasteiger partial charge in [-0.05, 0) is 49.0 Å². The van der Waals surface area contributed by atoms with Crippen LogP contribution in [-0.4, -0.2) is 12.7 Å². The van der Waals surface area contributed by atoms with Crippen LogP contribution in [0.25, 0.3) is 0 Å². The molecule has 0 saturated heterocycles. The molecule has 0 spiro atoms. The van der Waals surface area contributed by atoms with Gasteiger partial charge in [-0.15, -0.1) is 0 Å². The van der Waals surface area contributed by atoms with E-state index in [1.165, 1.54) is 50.5 Å². The van der Waals surface area contributed by atoms with Crippen molar-refractivity contribution in [3.8, 4) is 0 Å².